The Hall–Kier alpha value is -4.42. The van der Waals surface area contributed by atoms with E-state index in [0.29, 0.717) is 55.2 Å². The molecule has 0 saturated carbocycles. The lowest BCUT2D eigenvalue weighted by Crippen LogP contribution is -2.35. The van der Waals surface area contributed by atoms with Gasteiger partial charge in [-0.2, -0.15) is 0 Å². The summed E-state index contributed by atoms with van der Waals surface area (Å²) in [6.45, 7) is 28.0. The molecule has 13 nitrogen and oxygen atoms in total. The summed E-state index contributed by atoms with van der Waals surface area (Å²) >= 11 is 0. The van der Waals surface area contributed by atoms with Crippen LogP contribution in [0.25, 0.3) is 0 Å². The van der Waals surface area contributed by atoms with Crippen LogP contribution in [-0.2, 0) is 52.4 Å². The predicted molar refractivity (Wildman–Crippen MR) is 225 cm³/mol. The van der Waals surface area contributed by atoms with Crippen LogP contribution < -0.4 is 5.32 Å². The van der Waals surface area contributed by atoms with E-state index in [1.165, 1.54) is 19.8 Å². The maximum absolute atomic E-state index is 11.8. The number of unbranched alkanes of at least 4 members (excludes halogenated alkanes) is 7. The van der Waals surface area contributed by atoms with Crippen LogP contribution in [0.4, 0.5) is 4.79 Å². The van der Waals surface area contributed by atoms with Crippen molar-refractivity contribution in [2.75, 3.05) is 46.2 Å². The van der Waals surface area contributed by atoms with Gasteiger partial charge in [0.2, 0.25) is 0 Å². The zero-order valence-electron chi connectivity index (χ0n) is 34.7. The average molecular weight is 812 g/mol. The normalized spacial score (nSPS) is 10.6. The molecule has 0 fully saturated rings. The molecule has 0 saturated heterocycles. The van der Waals surface area contributed by atoms with Crippen LogP contribution in [0.15, 0.2) is 48.6 Å². The molecule has 0 aliphatic rings. The molecule has 0 aliphatic carbocycles. The SMILES string of the molecule is C.C.C=C(C)C(=O)OCCCCCCCCCCOC(=O)C(=C)C.C=C(C)C(=O)OCCOC(=O)CCCC(C)CC(C)(C)CNC(=O)OCCOC(=O)C(=C)C. The Kier molecular flexibility index (Phi) is 37.4. The molecule has 330 valence electrons. The van der Waals surface area contributed by atoms with Gasteiger partial charge in [0.15, 0.2) is 0 Å². The van der Waals surface area contributed by atoms with Crippen LogP contribution >= 0.6 is 0 Å². The second-order valence-electron chi connectivity index (χ2n) is 14.6. The number of rotatable bonds is 29. The molecule has 1 N–H and O–H groups in total. The lowest BCUT2D eigenvalue weighted by Gasteiger charge is -2.28. The molecule has 1 amide bonds. The van der Waals surface area contributed by atoms with Gasteiger partial charge in [-0.05, 0) is 64.7 Å². The molecule has 0 aromatic rings. The van der Waals surface area contributed by atoms with E-state index < -0.39 is 18.0 Å². The number of carbonyl (C=O) groups excluding carboxylic acids is 6. The Bertz CT molecular complexity index is 1220. The minimum atomic E-state index is -0.571. The van der Waals surface area contributed by atoms with E-state index in [4.69, 9.17) is 28.4 Å². The summed E-state index contributed by atoms with van der Waals surface area (Å²) in [7, 11) is 0. The first-order valence-electron chi connectivity index (χ1n) is 19.2. The largest absolute Gasteiger partial charge is 0.462 e. The Labute approximate surface area is 344 Å². The highest BCUT2D eigenvalue weighted by molar-refractivity contribution is 5.88. The van der Waals surface area contributed by atoms with Gasteiger partial charge in [-0.3, -0.25) is 4.79 Å². The number of carbonyl (C=O) groups is 6. The summed E-state index contributed by atoms with van der Waals surface area (Å²) in [6.07, 6.45) is 10.8. The number of esters is 5. The highest BCUT2D eigenvalue weighted by Crippen LogP contribution is 2.27. The minimum Gasteiger partial charge on any atom is -0.462 e. The first kappa shape index (κ1) is 59.3. The first-order valence-corrected chi connectivity index (χ1v) is 19.2. The van der Waals surface area contributed by atoms with Crippen LogP contribution in [0.1, 0.15) is 140 Å². The van der Waals surface area contributed by atoms with Crippen molar-refractivity contribution >= 4 is 35.9 Å². The van der Waals surface area contributed by atoms with Gasteiger partial charge >= 0.3 is 35.9 Å². The van der Waals surface area contributed by atoms with E-state index >= 15 is 0 Å². The second kappa shape index (κ2) is 36.0. The molecular formula is C44H77NO12. The molecular weight excluding hydrogens is 734 g/mol. The molecule has 13 heteroatoms. The van der Waals surface area contributed by atoms with Crippen molar-refractivity contribution in [2.24, 2.45) is 11.3 Å². The van der Waals surface area contributed by atoms with Crippen molar-refractivity contribution in [2.45, 2.75) is 140 Å². The number of amides is 1. The molecule has 0 spiro atoms. The molecule has 1 unspecified atom stereocenters. The van der Waals surface area contributed by atoms with Crippen molar-refractivity contribution in [3.05, 3.63) is 48.6 Å². The van der Waals surface area contributed by atoms with E-state index in [1.807, 2.05) is 13.8 Å². The van der Waals surface area contributed by atoms with Crippen LogP contribution in [0, 0.1) is 11.3 Å². The standard InChI is InChI=1S/C24H39NO8.C18H30O4.2CH4/c1-17(2)21(27)31-12-11-30-20(26)10-8-9-19(5)15-24(6,7)16-25-23(29)33-14-13-32-22(28)18(3)4;1-15(2)17(19)21-13-11-9-7-5-6-8-10-12-14-22-18(20)16(3)4;;/h19H,1,3,8-16H2,2,4-7H3,(H,25,29);1,3,5-14H2,2,4H3;2*1H4. The van der Waals surface area contributed by atoms with E-state index in [2.05, 4.69) is 38.6 Å². The quantitative estimate of drug-likeness (QED) is 0.0329. The third-order valence-corrected chi connectivity index (χ3v) is 7.72. The zero-order chi connectivity index (χ0) is 42.2. The molecule has 1 atom stereocenters. The van der Waals surface area contributed by atoms with Gasteiger partial charge in [0.25, 0.3) is 0 Å². The summed E-state index contributed by atoms with van der Waals surface area (Å²) in [5, 5.41) is 2.72. The Balaban J connectivity index is -0.000000512. The fourth-order valence-electron chi connectivity index (χ4n) is 4.79. The van der Waals surface area contributed by atoms with Crippen molar-refractivity contribution in [3.8, 4) is 0 Å². The lowest BCUT2D eigenvalue weighted by atomic mass is 9.81. The number of nitrogens with one attached hydrogen (secondary N) is 1. The third-order valence-electron chi connectivity index (χ3n) is 7.72. The topological polar surface area (TPSA) is 170 Å². The molecule has 0 aliphatic heterocycles. The molecule has 0 aromatic heterocycles. The third kappa shape index (κ3) is 38.2. The number of hydrogen-bond acceptors (Lipinski definition) is 12. The Morgan fingerprint density at radius 1 is 0.509 bits per heavy atom. The molecule has 0 rings (SSSR count). The number of ether oxygens (including phenoxy) is 6. The van der Waals surface area contributed by atoms with E-state index in [0.717, 1.165) is 51.4 Å². The van der Waals surface area contributed by atoms with Crippen LogP contribution in [-0.4, -0.2) is 82.1 Å². The Morgan fingerprint density at radius 2 is 0.842 bits per heavy atom. The first-order chi connectivity index (χ1) is 25.8. The average Bonchev–Trinajstić information content (AvgIpc) is 3.10. The van der Waals surface area contributed by atoms with Crippen molar-refractivity contribution in [3.63, 3.8) is 0 Å². The van der Waals surface area contributed by atoms with E-state index in [-0.39, 0.29) is 70.2 Å². The van der Waals surface area contributed by atoms with Gasteiger partial charge in [-0.1, -0.05) is 107 Å². The highest BCUT2D eigenvalue weighted by atomic mass is 16.6. The van der Waals surface area contributed by atoms with Gasteiger partial charge in [-0.15, -0.1) is 0 Å². The molecule has 0 heterocycles. The molecule has 0 aromatic carbocycles. The van der Waals surface area contributed by atoms with Crippen molar-refractivity contribution in [1.82, 2.24) is 5.32 Å². The smallest absolute Gasteiger partial charge is 0.407 e. The van der Waals surface area contributed by atoms with Gasteiger partial charge in [-0.25, -0.2) is 24.0 Å². The summed E-state index contributed by atoms with van der Waals surface area (Å²) in [5.74, 6) is -1.62. The highest BCUT2D eigenvalue weighted by Gasteiger charge is 2.22. The summed E-state index contributed by atoms with van der Waals surface area (Å²) < 4.78 is 29.8. The van der Waals surface area contributed by atoms with Crippen LogP contribution in [0.3, 0.4) is 0 Å². The van der Waals surface area contributed by atoms with E-state index in [9.17, 15) is 28.8 Å². The fourth-order valence-corrected chi connectivity index (χ4v) is 4.79. The van der Waals surface area contributed by atoms with Crippen LogP contribution in [0.5, 0.6) is 0 Å². The summed E-state index contributed by atoms with van der Waals surface area (Å²) in [5.41, 5.74) is 1.32. The molecule has 0 bridgehead atoms. The van der Waals surface area contributed by atoms with Crippen LogP contribution in [0.2, 0.25) is 0 Å². The van der Waals surface area contributed by atoms with E-state index in [1.54, 1.807) is 20.8 Å². The van der Waals surface area contributed by atoms with Crippen molar-refractivity contribution < 1.29 is 57.2 Å². The fraction of sp³-hybridized carbons (Fsp3) is 0.682. The lowest BCUT2D eigenvalue weighted by molar-refractivity contribution is -0.150. The maximum Gasteiger partial charge on any atom is 0.407 e. The predicted octanol–water partition coefficient (Wildman–Crippen LogP) is 9.34. The van der Waals surface area contributed by atoms with Gasteiger partial charge in [0.1, 0.15) is 26.4 Å². The summed E-state index contributed by atoms with van der Waals surface area (Å²) in [4.78, 5) is 68.3. The minimum absolute atomic E-state index is 0. The van der Waals surface area contributed by atoms with Gasteiger partial charge < -0.3 is 33.7 Å². The molecule has 0 radical (unpaired) electrons. The maximum atomic E-state index is 11.8. The second-order valence-corrected chi connectivity index (χ2v) is 14.6. The number of hydrogen-bond donors (Lipinski definition) is 1. The van der Waals surface area contributed by atoms with Gasteiger partial charge in [0.05, 0.1) is 13.2 Å². The van der Waals surface area contributed by atoms with Gasteiger partial charge in [0, 0.05) is 35.3 Å². The summed E-state index contributed by atoms with van der Waals surface area (Å²) in [6, 6.07) is 0. The van der Waals surface area contributed by atoms with Crippen molar-refractivity contribution in [1.29, 1.82) is 0 Å². The zero-order valence-corrected chi connectivity index (χ0v) is 34.7. The monoisotopic (exact) mass is 812 g/mol. The molecule has 57 heavy (non-hydrogen) atoms. The number of alkyl carbamates (subject to hydrolysis) is 1. The Morgan fingerprint density at radius 3 is 1.23 bits per heavy atom.